The summed E-state index contributed by atoms with van der Waals surface area (Å²) in [6.07, 6.45) is 1.67. The first kappa shape index (κ1) is 13.5. The monoisotopic (exact) mass is 257 g/mol. The van der Waals surface area contributed by atoms with E-state index in [1.807, 2.05) is 44.2 Å². The van der Waals surface area contributed by atoms with Crippen LogP contribution in [0.1, 0.15) is 24.3 Å². The number of hydrogen-bond donors (Lipinski definition) is 1. The van der Waals surface area contributed by atoms with Crippen LogP contribution < -0.4 is 5.73 Å². The Morgan fingerprint density at radius 3 is 2.68 bits per heavy atom. The van der Waals surface area contributed by atoms with E-state index < -0.39 is 5.54 Å². The van der Waals surface area contributed by atoms with Crippen LogP contribution in [0.25, 0.3) is 10.8 Å². The van der Waals surface area contributed by atoms with Crippen molar-refractivity contribution in [3.05, 3.63) is 42.2 Å². The average Bonchev–Trinajstić information content (AvgIpc) is 2.45. The summed E-state index contributed by atoms with van der Waals surface area (Å²) in [5, 5.41) is 1.88. The summed E-state index contributed by atoms with van der Waals surface area (Å²) in [5.74, 6) is -0.104. The predicted molar refractivity (Wildman–Crippen MR) is 77.0 cm³/mol. The van der Waals surface area contributed by atoms with E-state index in [9.17, 15) is 4.79 Å². The third-order valence-corrected chi connectivity index (χ3v) is 3.59. The van der Waals surface area contributed by atoms with Crippen LogP contribution in [0.15, 0.2) is 36.5 Å². The van der Waals surface area contributed by atoms with E-state index in [4.69, 9.17) is 5.73 Å². The van der Waals surface area contributed by atoms with Gasteiger partial charge < -0.3 is 10.6 Å². The van der Waals surface area contributed by atoms with Crippen molar-refractivity contribution in [1.82, 2.24) is 9.88 Å². The van der Waals surface area contributed by atoms with Crippen LogP contribution in [0.3, 0.4) is 0 Å². The number of benzene rings is 1. The number of aromatic nitrogens is 1. The second-order valence-electron chi connectivity index (χ2n) is 5.26. The average molecular weight is 257 g/mol. The van der Waals surface area contributed by atoms with Gasteiger partial charge in [-0.2, -0.15) is 0 Å². The molecule has 2 N–H and O–H groups in total. The Hall–Kier alpha value is -1.94. The smallest absolute Gasteiger partial charge is 0.273 e. The quantitative estimate of drug-likeness (QED) is 0.915. The maximum absolute atomic E-state index is 12.6. The molecular formula is C15H19N3O. The number of hydrogen-bond acceptors (Lipinski definition) is 3. The summed E-state index contributed by atoms with van der Waals surface area (Å²) in [5.41, 5.74) is 5.80. The molecule has 19 heavy (non-hydrogen) atoms. The van der Waals surface area contributed by atoms with Crippen molar-refractivity contribution in [2.24, 2.45) is 5.73 Å². The summed E-state index contributed by atoms with van der Waals surface area (Å²) >= 11 is 0. The van der Waals surface area contributed by atoms with Crippen molar-refractivity contribution in [1.29, 1.82) is 0 Å². The normalized spacial score (nSPS) is 11.6. The molecule has 0 saturated carbocycles. The molecule has 0 aliphatic heterocycles. The van der Waals surface area contributed by atoms with Gasteiger partial charge in [0.1, 0.15) is 5.69 Å². The van der Waals surface area contributed by atoms with Gasteiger partial charge in [-0.1, -0.05) is 24.3 Å². The fourth-order valence-electron chi connectivity index (χ4n) is 1.86. The minimum atomic E-state index is -0.393. The fraction of sp³-hybridized carbons (Fsp3) is 0.333. The summed E-state index contributed by atoms with van der Waals surface area (Å²) in [7, 11) is 1.76. The number of carbonyl (C=O) groups is 1. The first-order valence-electron chi connectivity index (χ1n) is 6.29. The van der Waals surface area contributed by atoms with Crippen molar-refractivity contribution in [2.45, 2.75) is 19.4 Å². The number of carbonyl (C=O) groups excluding carboxylic acids is 1. The van der Waals surface area contributed by atoms with Gasteiger partial charge in [0, 0.05) is 30.7 Å². The van der Waals surface area contributed by atoms with Crippen molar-refractivity contribution in [2.75, 3.05) is 13.6 Å². The lowest BCUT2D eigenvalue weighted by atomic mass is 10.0. The maximum Gasteiger partial charge on any atom is 0.273 e. The van der Waals surface area contributed by atoms with Gasteiger partial charge in [0.2, 0.25) is 0 Å². The molecule has 4 heteroatoms. The van der Waals surface area contributed by atoms with Crippen molar-refractivity contribution < 1.29 is 4.79 Å². The molecule has 0 spiro atoms. The van der Waals surface area contributed by atoms with E-state index in [1.165, 1.54) is 0 Å². The minimum Gasteiger partial charge on any atom is -0.334 e. The van der Waals surface area contributed by atoms with Crippen LogP contribution in [-0.4, -0.2) is 34.9 Å². The van der Waals surface area contributed by atoms with Crippen LogP contribution in [0, 0.1) is 0 Å². The lowest BCUT2D eigenvalue weighted by Gasteiger charge is -2.34. The second-order valence-corrected chi connectivity index (χ2v) is 5.26. The van der Waals surface area contributed by atoms with Gasteiger partial charge in [-0.25, -0.2) is 0 Å². The van der Waals surface area contributed by atoms with E-state index in [2.05, 4.69) is 4.98 Å². The Bertz CT molecular complexity index is 602. The van der Waals surface area contributed by atoms with Crippen LogP contribution in [0.2, 0.25) is 0 Å². The minimum absolute atomic E-state index is 0.104. The number of likely N-dealkylation sites (N-methyl/N-ethyl adjacent to an activating group) is 1. The molecule has 2 aromatic rings. The first-order valence-corrected chi connectivity index (χ1v) is 6.29. The van der Waals surface area contributed by atoms with Gasteiger partial charge in [-0.3, -0.25) is 9.78 Å². The molecule has 4 nitrogen and oxygen atoms in total. The summed E-state index contributed by atoms with van der Waals surface area (Å²) in [4.78, 5) is 18.5. The van der Waals surface area contributed by atoms with Gasteiger partial charge in [0.05, 0.1) is 0 Å². The Kier molecular flexibility index (Phi) is 3.53. The maximum atomic E-state index is 12.6. The van der Waals surface area contributed by atoms with E-state index in [1.54, 1.807) is 18.1 Å². The molecule has 0 aliphatic carbocycles. The molecular weight excluding hydrogens is 238 g/mol. The zero-order chi connectivity index (χ0) is 14.0. The predicted octanol–water partition coefficient (Wildman–Crippen LogP) is 2.04. The highest BCUT2D eigenvalue weighted by atomic mass is 16.2. The number of rotatable bonds is 3. The van der Waals surface area contributed by atoms with Crippen LogP contribution >= 0.6 is 0 Å². The summed E-state index contributed by atoms with van der Waals surface area (Å²) in [6.45, 7) is 4.28. The van der Waals surface area contributed by atoms with Crippen molar-refractivity contribution in [3.8, 4) is 0 Å². The number of amides is 1. The highest BCUT2D eigenvalue weighted by Gasteiger charge is 2.28. The van der Waals surface area contributed by atoms with Crippen molar-refractivity contribution >= 4 is 16.7 Å². The molecule has 1 aromatic heterocycles. The van der Waals surface area contributed by atoms with Gasteiger partial charge in [-0.15, -0.1) is 0 Å². The Balaban J connectivity index is 2.48. The number of fused-ring (bicyclic) bond motifs is 1. The zero-order valence-electron chi connectivity index (χ0n) is 11.6. The summed E-state index contributed by atoms with van der Waals surface area (Å²) in [6, 6.07) is 9.65. The largest absolute Gasteiger partial charge is 0.334 e. The highest BCUT2D eigenvalue weighted by molar-refractivity contribution is 6.05. The lowest BCUT2D eigenvalue weighted by Crippen LogP contribution is -2.50. The number of nitrogens with two attached hydrogens (primary N) is 1. The molecule has 0 atom stereocenters. The van der Waals surface area contributed by atoms with Gasteiger partial charge in [0.25, 0.3) is 5.91 Å². The van der Waals surface area contributed by atoms with E-state index in [0.717, 1.165) is 10.8 Å². The van der Waals surface area contributed by atoms with E-state index in [0.29, 0.717) is 12.2 Å². The van der Waals surface area contributed by atoms with Crippen LogP contribution in [0.4, 0.5) is 0 Å². The Labute approximate surface area is 113 Å². The molecule has 0 unspecified atom stereocenters. The zero-order valence-corrected chi connectivity index (χ0v) is 11.6. The van der Waals surface area contributed by atoms with E-state index in [-0.39, 0.29) is 5.91 Å². The fourth-order valence-corrected chi connectivity index (χ4v) is 1.86. The molecule has 0 radical (unpaired) electrons. The Morgan fingerprint density at radius 1 is 1.32 bits per heavy atom. The molecule has 100 valence electrons. The second kappa shape index (κ2) is 4.97. The van der Waals surface area contributed by atoms with E-state index >= 15 is 0 Å². The van der Waals surface area contributed by atoms with Gasteiger partial charge in [0.15, 0.2) is 0 Å². The first-order chi connectivity index (χ1) is 8.97. The molecule has 2 rings (SSSR count). The molecule has 1 heterocycles. The molecule has 0 saturated heterocycles. The lowest BCUT2D eigenvalue weighted by molar-refractivity contribution is 0.0636. The van der Waals surface area contributed by atoms with Gasteiger partial charge in [-0.05, 0) is 25.3 Å². The highest BCUT2D eigenvalue weighted by Crippen LogP contribution is 2.20. The molecule has 1 aromatic carbocycles. The molecule has 0 bridgehead atoms. The number of pyridine rings is 1. The van der Waals surface area contributed by atoms with Gasteiger partial charge >= 0.3 is 0 Å². The molecule has 1 amide bonds. The van der Waals surface area contributed by atoms with Crippen LogP contribution in [-0.2, 0) is 0 Å². The third-order valence-electron chi connectivity index (χ3n) is 3.59. The standard InChI is InChI=1S/C15H19N3O/c1-15(2,10-16)18(3)14(19)13-12-7-5-4-6-11(12)8-9-17-13/h4-9H,10,16H2,1-3H3. The topological polar surface area (TPSA) is 59.2 Å². The third kappa shape index (κ3) is 2.44. The van der Waals surface area contributed by atoms with Crippen LogP contribution in [0.5, 0.6) is 0 Å². The summed E-state index contributed by atoms with van der Waals surface area (Å²) < 4.78 is 0. The SMILES string of the molecule is CN(C(=O)c1nccc2ccccc12)C(C)(C)CN. The molecule has 0 fully saturated rings. The number of nitrogens with zero attached hydrogens (tertiary/aromatic N) is 2. The van der Waals surface area contributed by atoms with Crippen molar-refractivity contribution in [3.63, 3.8) is 0 Å². The molecule has 0 aliphatic rings. The Morgan fingerprint density at radius 2 is 2.00 bits per heavy atom.